The Bertz CT molecular complexity index is 1090. The predicted octanol–water partition coefficient (Wildman–Crippen LogP) is 3.81. The van der Waals surface area contributed by atoms with E-state index in [2.05, 4.69) is 59.2 Å². The Morgan fingerprint density at radius 1 is 1.07 bits per heavy atom. The van der Waals surface area contributed by atoms with Gasteiger partial charge in [0.05, 0.1) is 17.3 Å². The average molecular weight is 402 g/mol. The van der Waals surface area contributed by atoms with E-state index in [9.17, 15) is 5.11 Å². The van der Waals surface area contributed by atoms with Crippen molar-refractivity contribution < 1.29 is 5.11 Å². The van der Waals surface area contributed by atoms with E-state index in [1.807, 2.05) is 14.1 Å². The summed E-state index contributed by atoms with van der Waals surface area (Å²) < 4.78 is 0. The Labute approximate surface area is 179 Å². The van der Waals surface area contributed by atoms with Gasteiger partial charge < -0.3 is 10.0 Å². The van der Waals surface area contributed by atoms with Gasteiger partial charge in [-0.15, -0.1) is 0 Å². The Hall–Kier alpha value is -2.27. The van der Waals surface area contributed by atoms with Gasteiger partial charge in [-0.3, -0.25) is 4.90 Å². The second-order valence-electron chi connectivity index (χ2n) is 9.33. The maximum absolute atomic E-state index is 10.5. The maximum atomic E-state index is 10.5. The van der Waals surface area contributed by atoms with Gasteiger partial charge in [0.2, 0.25) is 0 Å². The molecule has 0 spiro atoms. The fourth-order valence-electron chi connectivity index (χ4n) is 5.18. The van der Waals surface area contributed by atoms with Crippen molar-refractivity contribution >= 4 is 10.9 Å². The summed E-state index contributed by atoms with van der Waals surface area (Å²) >= 11 is 0. The van der Waals surface area contributed by atoms with Crippen LogP contribution in [0.2, 0.25) is 0 Å². The number of nitrogens with zero attached hydrogens (tertiary/aromatic N) is 3. The minimum absolute atomic E-state index is 0.184. The largest absolute Gasteiger partial charge is 0.390 e. The van der Waals surface area contributed by atoms with Crippen molar-refractivity contribution in [1.29, 1.82) is 0 Å². The zero-order chi connectivity index (χ0) is 20.8. The van der Waals surface area contributed by atoms with Crippen LogP contribution in [0.1, 0.15) is 28.7 Å². The number of benzene rings is 2. The molecule has 0 saturated carbocycles. The van der Waals surface area contributed by atoms with Gasteiger partial charge in [0, 0.05) is 36.6 Å². The Balaban J connectivity index is 1.58. The zero-order valence-corrected chi connectivity index (χ0v) is 18.2. The fraction of sp³-hybridized carbons (Fsp3) is 0.423. The molecule has 2 aliphatic rings. The molecule has 4 nitrogen and oxygen atoms in total. The first-order valence-electron chi connectivity index (χ1n) is 11.1. The highest BCUT2D eigenvalue weighted by molar-refractivity contribution is 5.85. The number of aromatic nitrogens is 1. The SMILES string of the molecule is Cc1cccc(-c2nc3cc4c(cc3cc2CN2C[C@H](O)[C@@H](N(C)C)C2)CCC4)c1. The fourth-order valence-corrected chi connectivity index (χ4v) is 5.18. The van der Waals surface area contributed by atoms with E-state index in [1.165, 1.54) is 52.5 Å². The number of hydrogen-bond acceptors (Lipinski definition) is 4. The van der Waals surface area contributed by atoms with Crippen LogP contribution in [0.3, 0.4) is 0 Å². The van der Waals surface area contributed by atoms with Gasteiger partial charge in [-0.05, 0) is 81.2 Å². The third-order valence-corrected chi connectivity index (χ3v) is 6.79. The lowest BCUT2D eigenvalue weighted by atomic mass is 9.99. The maximum Gasteiger partial charge on any atom is 0.0834 e. The van der Waals surface area contributed by atoms with Crippen LogP contribution in [0.25, 0.3) is 22.2 Å². The summed E-state index contributed by atoms with van der Waals surface area (Å²) in [6.45, 7) is 4.53. The first kappa shape index (κ1) is 19.7. The third-order valence-electron chi connectivity index (χ3n) is 6.79. The van der Waals surface area contributed by atoms with E-state index in [0.29, 0.717) is 6.54 Å². The number of rotatable bonds is 4. The van der Waals surface area contributed by atoms with Gasteiger partial charge in [-0.2, -0.15) is 0 Å². The summed E-state index contributed by atoms with van der Waals surface area (Å²) in [5, 5.41) is 11.8. The van der Waals surface area contributed by atoms with E-state index in [0.717, 1.165) is 24.3 Å². The summed E-state index contributed by atoms with van der Waals surface area (Å²) in [7, 11) is 4.10. The Morgan fingerprint density at radius 2 is 1.87 bits per heavy atom. The summed E-state index contributed by atoms with van der Waals surface area (Å²) in [4.78, 5) is 9.68. The van der Waals surface area contributed by atoms with Crippen molar-refractivity contribution in [2.24, 2.45) is 0 Å². The Kier molecular flexibility index (Phi) is 5.10. The molecule has 3 aromatic rings. The number of pyridine rings is 1. The molecule has 2 atom stereocenters. The van der Waals surface area contributed by atoms with Crippen LogP contribution in [-0.2, 0) is 19.4 Å². The van der Waals surface area contributed by atoms with Crippen molar-refractivity contribution in [2.45, 2.75) is 44.9 Å². The lowest BCUT2D eigenvalue weighted by Crippen LogP contribution is -2.37. The summed E-state index contributed by atoms with van der Waals surface area (Å²) in [6.07, 6.45) is 3.30. The van der Waals surface area contributed by atoms with Crippen LogP contribution >= 0.6 is 0 Å². The molecule has 1 N–H and O–H groups in total. The van der Waals surface area contributed by atoms with Crippen LogP contribution in [0.4, 0.5) is 0 Å². The molecule has 5 rings (SSSR count). The number of aliphatic hydroxyl groups excluding tert-OH is 1. The summed E-state index contributed by atoms with van der Waals surface area (Å²) in [6, 6.07) is 15.8. The molecule has 1 aliphatic heterocycles. The highest BCUT2D eigenvalue weighted by Gasteiger charge is 2.33. The van der Waals surface area contributed by atoms with E-state index in [4.69, 9.17) is 4.98 Å². The van der Waals surface area contributed by atoms with E-state index < -0.39 is 0 Å². The lowest BCUT2D eigenvalue weighted by Gasteiger charge is -2.22. The molecule has 1 saturated heterocycles. The second-order valence-corrected chi connectivity index (χ2v) is 9.33. The summed E-state index contributed by atoms with van der Waals surface area (Å²) in [5.41, 5.74) is 8.81. The van der Waals surface area contributed by atoms with Gasteiger partial charge in [0.15, 0.2) is 0 Å². The van der Waals surface area contributed by atoms with Gasteiger partial charge in [0.1, 0.15) is 0 Å². The highest BCUT2D eigenvalue weighted by atomic mass is 16.3. The molecule has 2 heterocycles. The second kappa shape index (κ2) is 7.77. The molecule has 0 unspecified atom stereocenters. The average Bonchev–Trinajstić information content (AvgIpc) is 3.31. The molecular weight excluding hydrogens is 370 g/mol. The van der Waals surface area contributed by atoms with Crippen molar-refractivity contribution in [3.8, 4) is 11.3 Å². The number of likely N-dealkylation sites (N-methyl/N-ethyl adjacent to an activating group) is 1. The van der Waals surface area contributed by atoms with Crippen molar-refractivity contribution in [3.05, 3.63) is 64.7 Å². The monoisotopic (exact) mass is 401 g/mol. The number of aliphatic hydroxyl groups is 1. The quantitative estimate of drug-likeness (QED) is 0.722. The number of fused-ring (bicyclic) bond motifs is 2. The van der Waals surface area contributed by atoms with Gasteiger partial charge >= 0.3 is 0 Å². The minimum atomic E-state index is -0.306. The van der Waals surface area contributed by atoms with Gasteiger partial charge in [-0.25, -0.2) is 4.98 Å². The van der Waals surface area contributed by atoms with Crippen LogP contribution in [0, 0.1) is 6.92 Å². The standard InChI is InChI=1S/C26H31N3O/c1-17-6-4-9-20(10-17)26-22(14-29-15-24(28(2)3)25(30)16-29)12-21-11-18-7-5-8-19(18)13-23(21)27-26/h4,6,9-13,24-25,30H,5,7-8,14-16H2,1-3H3/t24-,25-/m0/s1. The first-order chi connectivity index (χ1) is 14.5. The Morgan fingerprint density at radius 3 is 2.60 bits per heavy atom. The van der Waals surface area contributed by atoms with Crippen LogP contribution in [0.15, 0.2) is 42.5 Å². The van der Waals surface area contributed by atoms with Crippen LogP contribution in [-0.4, -0.2) is 59.2 Å². The summed E-state index contributed by atoms with van der Waals surface area (Å²) in [5.74, 6) is 0. The van der Waals surface area contributed by atoms with E-state index in [1.54, 1.807) is 0 Å². The molecule has 1 aliphatic carbocycles. The topological polar surface area (TPSA) is 39.6 Å². The van der Waals surface area contributed by atoms with Crippen LogP contribution < -0.4 is 0 Å². The smallest absolute Gasteiger partial charge is 0.0834 e. The lowest BCUT2D eigenvalue weighted by molar-refractivity contribution is 0.112. The van der Waals surface area contributed by atoms with E-state index in [-0.39, 0.29) is 12.1 Å². The molecule has 1 fully saturated rings. The minimum Gasteiger partial charge on any atom is -0.390 e. The van der Waals surface area contributed by atoms with Crippen LogP contribution in [0.5, 0.6) is 0 Å². The molecule has 2 aromatic carbocycles. The number of aryl methyl sites for hydroxylation is 3. The third kappa shape index (κ3) is 3.64. The molecular formula is C26H31N3O. The van der Waals surface area contributed by atoms with Gasteiger partial charge in [-0.1, -0.05) is 23.8 Å². The molecule has 1 aromatic heterocycles. The molecule has 0 radical (unpaired) electrons. The van der Waals surface area contributed by atoms with E-state index >= 15 is 0 Å². The molecule has 30 heavy (non-hydrogen) atoms. The predicted molar refractivity (Wildman–Crippen MR) is 123 cm³/mol. The van der Waals surface area contributed by atoms with Crippen molar-refractivity contribution in [2.75, 3.05) is 27.2 Å². The first-order valence-corrected chi connectivity index (χ1v) is 11.1. The zero-order valence-electron chi connectivity index (χ0n) is 18.2. The molecule has 0 bridgehead atoms. The van der Waals surface area contributed by atoms with Crippen molar-refractivity contribution in [1.82, 2.24) is 14.8 Å². The highest BCUT2D eigenvalue weighted by Crippen LogP contribution is 2.32. The molecule has 4 heteroatoms. The van der Waals surface area contributed by atoms with Gasteiger partial charge in [0.25, 0.3) is 0 Å². The molecule has 156 valence electrons. The van der Waals surface area contributed by atoms with Crippen molar-refractivity contribution in [3.63, 3.8) is 0 Å². The number of hydrogen-bond donors (Lipinski definition) is 1. The molecule has 0 amide bonds. The normalized spacial score (nSPS) is 21.6. The number of β-amino-alcohol motifs (C(OH)–C–C–N with tert-alkyl or cyclic N) is 1. The number of likely N-dealkylation sites (tertiary alicyclic amines) is 1.